The largest absolute Gasteiger partial charge is 0.422 e. The van der Waals surface area contributed by atoms with E-state index in [9.17, 15) is 9.59 Å². The highest BCUT2D eigenvalue weighted by atomic mass is 32.1. The summed E-state index contributed by atoms with van der Waals surface area (Å²) >= 11 is 4.88. The molecular formula is C38H31NO4S3. The van der Waals surface area contributed by atoms with Gasteiger partial charge in [-0.25, -0.2) is 9.59 Å². The molecule has 0 N–H and O–H groups in total. The van der Waals surface area contributed by atoms with Crippen LogP contribution in [0.4, 0.5) is 5.69 Å². The summed E-state index contributed by atoms with van der Waals surface area (Å²) in [6, 6.07) is 24.6. The molecule has 0 spiro atoms. The van der Waals surface area contributed by atoms with Crippen molar-refractivity contribution >= 4 is 91.2 Å². The smallest absolute Gasteiger partial charge is 0.345 e. The first-order chi connectivity index (χ1) is 22.4. The van der Waals surface area contributed by atoms with Crippen molar-refractivity contribution in [3.05, 3.63) is 99.2 Å². The molecule has 3 aromatic carbocycles. The van der Waals surface area contributed by atoms with Crippen LogP contribution in [0.15, 0.2) is 91.2 Å². The molecule has 0 fully saturated rings. The molecule has 46 heavy (non-hydrogen) atoms. The molecule has 0 unspecified atom stereocenters. The number of thiophene rings is 3. The van der Waals surface area contributed by atoms with Crippen molar-refractivity contribution in [1.82, 2.24) is 0 Å². The molecule has 0 aliphatic carbocycles. The summed E-state index contributed by atoms with van der Waals surface area (Å²) in [5.41, 5.74) is 4.07. The number of aryl methyl sites for hydroxylation is 1. The number of hydrogen-bond donors (Lipinski definition) is 0. The lowest BCUT2D eigenvalue weighted by molar-refractivity contribution is 0.563. The van der Waals surface area contributed by atoms with Gasteiger partial charge in [0.15, 0.2) is 0 Å². The molecule has 0 aliphatic rings. The predicted octanol–water partition coefficient (Wildman–Crippen LogP) is 11.1. The van der Waals surface area contributed by atoms with E-state index in [1.165, 1.54) is 5.56 Å². The number of hydrogen-bond acceptors (Lipinski definition) is 8. The fourth-order valence-corrected chi connectivity index (χ4v) is 10.4. The second-order valence-electron chi connectivity index (χ2n) is 11.6. The van der Waals surface area contributed by atoms with Gasteiger partial charge in [-0.15, -0.1) is 34.0 Å². The highest BCUT2D eigenvalue weighted by Gasteiger charge is 2.20. The molecule has 8 aromatic rings. The number of fused-ring (bicyclic) bond motifs is 7. The first kappa shape index (κ1) is 29.2. The normalized spacial score (nSPS) is 12.0. The summed E-state index contributed by atoms with van der Waals surface area (Å²) in [5.74, 6) is 0. The van der Waals surface area contributed by atoms with E-state index in [1.807, 2.05) is 30.3 Å². The summed E-state index contributed by atoms with van der Waals surface area (Å²) in [5, 5.41) is 3.95. The van der Waals surface area contributed by atoms with Gasteiger partial charge in [0.1, 0.15) is 11.2 Å². The highest BCUT2D eigenvalue weighted by Crippen LogP contribution is 2.48. The zero-order valence-electron chi connectivity index (χ0n) is 25.8. The Kier molecular flexibility index (Phi) is 7.31. The van der Waals surface area contributed by atoms with E-state index in [0.29, 0.717) is 22.3 Å². The number of rotatable bonds is 8. The molecule has 0 radical (unpaired) electrons. The summed E-state index contributed by atoms with van der Waals surface area (Å²) in [4.78, 5) is 30.6. The minimum absolute atomic E-state index is 0.325. The molecule has 8 heteroatoms. The molecule has 8 rings (SSSR count). The lowest BCUT2D eigenvalue weighted by Gasteiger charge is -2.20. The van der Waals surface area contributed by atoms with Crippen LogP contribution in [0.2, 0.25) is 0 Å². The van der Waals surface area contributed by atoms with E-state index < -0.39 is 0 Å². The van der Waals surface area contributed by atoms with E-state index in [-0.39, 0.29) is 11.3 Å². The van der Waals surface area contributed by atoms with Crippen molar-refractivity contribution in [2.45, 2.75) is 40.0 Å². The summed E-state index contributed by atoms with van der Waals surface area (Å²) in [6.45, 7) is 8.20. The Morgan fingerprint density at radius 2 is 1.35 bits per heavy atom. The van der Waals surface area contributed by atoms with Gasteiger partial charge in [0.25, 0.3) is 0 Å². The third-order valence-corrected chi connectivity index (χ3v) is 12.7. The Hall–Kier alpha value is -4.24. The number of benzene rings is 3. The Morgan fingerprint density at radius 3 is 2.04 bits per heavy atom. The Bertz CT molecular complexity index is 2560. The van der Waals surface area contributed by atoms with Crippen molar-refractivity contribution in [3.8, 4) is 20.9 Å². The third-order valence-electron chi connectivity index (χ3n) is 8.85. The Labute approximate surface area is 276 Å². The lowest BCUT2D eigenvalue weighted by Crippen LogP contribution is -2.21. The maximum Gasteiger partial charge on any atom is 0.345 e. The van der Waals surface area contributed by atoms with Crippen LogP contribution in [0.1, 0.15) is 39.2 Å². The van der Waals surface area contributed by atoms with Crippen LogP contribution in [-0.2, 0) is 6.42 Å². The van der Waals surface area contributed by atoms with E-state index in [2.05, 4.69) is 68.1 Å². The Balaban J connectivity index is 1.17. The number of unbranched alkanes of at least 4 members (excludes halogenated alkanes) is 1. The average Bonchev–Trinajstić information content (AvgIpc) is 3.75. The van der Waals surface area contributed by atoms with Crippen LogP contribution in [0.3, 0.4) is 0 Å². The molecule has 230 valence electrons. The van der Waals surface area contributed by atoms with E-state index in [4.69, 9.17) is 8.83 Å². The van der Waals surface area contributed by atoms with Crippen LogP contribution in [0.25, 0.3) is 72.4 Å². The molecule has 0 bridgehead atoms. The van der Waals surface area contributed by atoms with Crippen molar-refractivity contribution in [2.24, 2.45) is 0 Å². The second kappa shape index (κ2) is 11.5. The molecule has 0 atom stereocenters. The standard InChI is InChI=1S/C38H31NO4S3/c1-4-7-9-21-10-8-11-26-25(21)15-13-23-17-28(38(41)43-34(23)26)31-20-33-36(46-31)35-32(44-33)19-30(45-35)27-16-22-12-14-24(39(5-2)6-3)18-29(22)42-37(27)40/h8,10-20H,4-7,9H2,1-3H3. The maximum atomic E-state index is 13.4. The van der Waals surface area contributed by atoms with Gasteiger partial charge in [-0.05, 0) is 74.0 Å². The van der Waals surface area contributed by atoms with Gasteiger partial charge >= 0.3 is 11.3 Å². The van der Waals surface area contributed by atoms with Gasteiger partial charge < -0.3 is 13.7 Å². The van der Waals surface area contributed by atoms with Gasteiger partial charge in [-0.1, -0.05) is 43.7 Å². The van der Waals surface area contributed by atoms with Gasteiger partial charge in [0.05, 0.1) is 20.5 Å². The predicted molar refractivity (Wildman–Crippen MR) is 198 cm³/mol. The average molecular weight is 662 g/mol. The molecule has 0 aliphatic heterocycles. The zero-order valence-corrected chi connectivity index (χ0v) is 28.2. The van der Waals surface area contributed by atoms with E-state index >= 15 is 0 Å². The van der Waals surface area contributed by atoms with Gasteiger partial charge in [0.2, 0.25) is 0 Å². The van der Waals surface area contributed by atoms with E-state index in [0.717, 1.165) is 88.1 Å². The molecule has 0 amide bonds. The van der Waals surface area contributed by atoms with Crippen molar-refractivity contribution in [3.63, 3.8) is 0 Å². The van der Waals surface area contributed by atoms with Crippen LogP contribution in [0, 0.1) is 0 Å². The fourth-order valence-electron chi connectivity index (χ4n) is 6.42. The SMILES string of the molecule is CCCCc1cccc2c1ccc1cc(-c3cc4sc5cc(-c6cc7ccc(N(CC)CC)cc7oc6=O)sc5c4s3)c(=O)oc12. The molecule has 0 saturated heterocycles. The van der Waals surface area contributed by atoms with Crippen LogP contribution < -0.4 is 16.2 Å². The molecule has 5 heterocycles. The fraction of sp³-hybridized carbons (Fsp3) is 0.211. The molecule has 5 nitrogen and oxygen atoms in total. The molecule has 0 saturated carbocycles. The summed E-state index contributed by atoms with van der Waals surface area (Å²) in [7, 11) is 0. The van der Waals surface area contributed by atoms with Crippen LogP contribution in [-0.4, -0.2) is 13.1 Å². The molecule has 5 aromatic heterocycles. The third kappa shape index (κ3) is 4.78. The highest BCUT2D eigenvalue weighted by molar-refractivity contribution is 7.40. The number of nitrogens with zero attached hydrogens (tertiary/aromatic N) is 1. The quantitative estimate of drug-likeness (QED) is 0.120. The number of anilines is 1. The van der Waals surface area contributed by atoms with Crippen molar-refractivity contribution < 1.29 is 8.83 Å². The first-order valence-electron chi connectivity index (χ1n) is 15.7. The molecular weight excluding hydrogens is 631 g/mol. The maximum absolute atomic E-state index is 13.4. The topological polar surface area (TPSA) is 63.7 Å². The minimum Gasteiger partial charge on any atom is -0.422 e. The second-order valence-corrected chi connectivity index (χ2v) is 14.8. The first-order valence-corrected chi connectivity index (χ1v) is 18.2. The minimum atomic E-state index is -0.333. The van der Waals surface area contributed by atoms with Crippen molar-refractivity contribution in [1.29, 1.82) is 0 Å². The Morgan fingerprint density at radius 1 is 0.674 bits per heavy atom. The van der Waals surface area contributed by atoms with Crippen LogP contribution >= 0.6 is 34.0 Å². The van der Waals surface area contributed by atoms with Gasteiger partial charge in [0, 0.05) is 60.2 Å². The van der Waals surface area contributed by atoms with E-state index in [1.54, 1.807) is 34.0 Å². The van der Waals surface area contributed by atoms with Gasteiger partial charge in [-0.3, -0.25) is 0 Å². The monoisotopic (exact) mass is 661 g/mol. The zero-order chi connectivity index (χ0) is 31.5. The summed E-state index contributed by atoms with van der Waals surface area (Å²) < 4.78 is 16.4. The summed E-state index contributed by atoms with van der Waals surface area (Å²) in [6.07, 6.45) is 3.27. The van der Waals surface area contributed by atoms with Crippen molar-refractivity contribution in [2.75, 3.05) is 18.0 Å². The van der Waals surface area contributed by atoms with Crippen LogP contribution in [0.5, 0.6) is 0 Å². The lowest BCUT2D eigenvalue weighted by atomic mass is 9.98. The van der Waals surface area contributed by atoms with Gasteiger partial charge in [-0.2, -0.15) is 0 Å².